The van der Waals surface area contributed by atoms with Crippen LogP contribution in [0.15, 0.2) is 48.5 Å². The Balaban J connectivity index is 2.38. The van der Waals surface area contributed by atoms with Gasteiger partial charge in [0.05, 0.1) is 5.52 Å². The van der Waals surface area contributed by atoms with Gasteiger partial charge < -0.3 is 5.73 Å². The number of rotatable bonds is 2. The van der Waals surface area contributed by atoms with Crippen LogP contribution in [-0.2, 0) is 0 Å². The van der Waals surface area contributed by atoms with Crippen LogP contribution in [0.3, 0.4) is 0 Å². The summed E-state index contributed by atoms with van der Waals surface area (Å²) in [5.41, 5.74) is 6.01. The minimum absolute atomic E-state index is 0.162. The van der Waals surface area contributed by atoms with Crippen LogP contribution in [-0.4, -0.2) is 10.5 Å². The van der Waals surface area contributed by atoms with Crippen molar-refractivity contribution in [3.05, 3.63) is 65.9 Å². The zero-order valence-electron chi connectivity index (χ0n) is 10.3. The summed E-state index contributed by atoms with van der Waals surface area (Å²) in [6, 6.07) is 12.1. The molecule has 0 saturated heterocycles. The molecule has 0 bridgehead atoms. The van der Waals surface area contributed by atoms with Crippen molar-refractivity contribution >= 4 is 16.8 Å². The van der Waals surface area contributed by atoms with Gasteiger partial charge in [-0.15, -0.1) is 0 Å². The highest BCUT2D eigenvalue weighted by atomic mass is 19.1. The van der Waals surface area contributed by atoms with E-state index in [9.17, 15) is 13.6 Å². The summed E-state index contributed by atoms with van der Waals surface area (Å²) in [5.74, 6) is -1.99. The molecule has 0 aliphatic heterocycles. The van der Waals surface area contributed by atoms with Crippen LogP contribution in [0.1, 0.15) is 10.4 Å². The molecular formula is C15H10F2N2O. The number of carbonyl (C=O) groups excluding carboxylic acids is 1. The third-order valence-electron chi connectivity index (χ3n) is 3.15. The maximum atomic E-state index is 14.5. The molecule has 0 saturated carbocycles. The fraction of sp³-hybridized carbons (Fsp3) is 0. The Morgan fingerprint density at radius 1 is 1.00 bits per heavy atom. The molecule has 1 heterocycles. The number of carbonyl (C=O) groups is 1. The van der Waals surface area contributed by atoms with Crippen LogP contribution < -0.4 is 5.73 Å². The maximum Gasteiger partial charge on any atom is 0.253 e. The number of aromatic nitrogens is 1. The fourth-order valence-electron chi connectivity index (χ4n) is 2.29. The first kappa shape index (κ1) is 12.3. The molecule has 3 rings (SSSR count). The van der Waals surface area contributed by atoms with Crippen molar-refractivity contribution in [3.63, 3.8) is 0 Å². The summed E-state index contributed by atoms with van der Waals surface area (Å²) in [6.45, 7) is 0. The number of hydrogen-bond donors (Lipinski definition) is 1. The van der Waals surface area contributed by atoms with Crippen LogP contribution in [0.4, 0.5) is 8.78 Å². The number of para-hydroxylation sites is 1. The lowest BCUT2D eigenvalue weighted by atomic mass is 10.1. The molecule has 0 spiro atoms. The van der Waals surface area contributed by atoms with Gasteiger partial charge in [-0.3, -0.25) is 9.36 Å². The number of nitrogens with zero attached hydrogens (tertiary/aromatic N) is 1. The van der Waals surface area contributed by atoms with Gasteiger partial charge in [-0.2, -0.15) is 4.39 Å². The van der Waals surface area contributed by atoms with E-state index in [-0.39, 0.29) is 5.56 Å². The van der Waals surface area contributed by atoms with Gasteiger partial charge >= 0.3 is 0 Å². The number of benzene rings is 2. The van der Waals surface area contributed by atoms with Gasteiger partial charge in [0.2, 0.25) is 5.95 Å². The predicted octanol–water partition coefficient (Wildman–Crippen LogP) is 3.01. The monoisotopic (exact) mass is 272 g/mol. The van der Waals surface area contributed by atoms with E-state index >= 15 is 0 Å². The SMILES string of the molecule is NC(=O)c1c(F)n(-c2ccc(F)cc2)c2ccccc12. The summed E-state index contributed by atoms with van der Waals surface area (Å²) in [4.78, 5) is 11.4. The highest BCUT2D eigenvalue weighted by molar-refractivity contribution is 6.07. The van der Waals surface area contributed by atoms with Crippen molar-refractivity contribution in [1.82, 2.24) is 4.57 Å². The third-order valence-corrected chi connectivity index (χ3v) is 3.15. The molecule has 5 heteroatoms. The number of hydrogen-bond acceptors (Lipinski definition) is 1. The average molecular weight is 272 g/mol. The summed E-state index contributed by atoms with van der Waals surface area (Å²) in [6.07, 6.45) is 0. The van der Waals surface area contributed by atoms with Gasteiger partial charge in [0.1, 0.15) is 11.4 Å². The Morgan fingerprint density at radius 3 is 2.30 bits per heavy atom. The molecule has 1 amide bonds. The van der Waals surface area contributed by atoms with Crippen LogP contribution in [0.5, 0.6) is 0 Å². The number of fused-ring (bicyclic) bond motifs is 1. The largest absolute Gasteiger partial charge is 0.365 e. The average Bonchev–Trinajstić information content (AvgIpc) is 2.72. The van der Waals surface area contributed by atoms with E-state index in [1.165, 1.54) is 28.8 Å². The first-order valence-electron chi connectivity index (χ1n) is 5.94. The highest BCUT2D eigenvalue weighted by Gasteiger charge is 2.21. The lowest BCUT2D eigenvalue weighted by Crippen LogP contribution is -2.13. The van der Waals surface area contributed by atoms with Crippen molar-refractivity contribution in [2.75, 3.05) is 0 Å². The molecule has 2 aromatic carbocycles. The molecule has 0 fully saturated rings. The van der Waals surface area contributed by atoms with Crippen LogP contribution in [0.25, 0.3) is 16.6 Å². The van der Waals surface area contributed by atoms with E-state index in [1.807, 2.05) is 0 Å². The number of halogens is 2. The molecule has 3 aromatic rings. The Kier molecular flexibility index (Phi) is 2.75. The fourth-order valence-corrected chi connectivity index (χ4v) is 2.29. The second-order valence-electron chi connectivity index (χ2n) is 4.36. The lowest BCUT2D eigenvalue weighted by Gasteiger charge is -2.06. The molecule has 0 atom stereocenters. The van der Waals surface area contributed by atoms with Gasteiger partial charge in [-0.05, 0) is 30.3 Å². The molecule has 100 valence electrons. The van der Waals surface area contributed by atoms with E-state index in [2.05, 4.69) is 0 Å². The van der Waals surface area contributed by atoms with E-state index in [0.29, 0.717) is 16.6 Å². The quantitative estimate of drug-likeness (QED) is 0.766. The zero-order chi connectivity index (χ0) is 14.3. The van der Waals surface area contributed by atoms with Crippen molar-refractivity contribution in [3.8, 4) is 5.69 Å². The summed E-state index contributed by atoms with van der Waals surface area (Å²) in [5, 5.41) is 0.432. The Bertz CT molecular complexity index is 807. The summed E-state index contributed by atoms with van der Waals surface area (Å²) in [7, 11) is 0. The van der Waals surface area contributed by atoms with Gasteiger partial charge in [-0.25, -0.2) is 4.39 Å². The molecule has 1 aromatic heterocycles. The predicted molar refractivity (Wildman–Crippen MR) is 71.7 cm³/mol. The summed E-state index contributed by atoms with van der Waals surface area (Å²) >= 11 is 0. The van der Waals surface area contributed by atoms with E-state index < -0.39 is 17.7 Å². The van der Waals surface area contributed by atoms with Crippen molar-refractivity contribution in [1.29, 1.82) is 0 Å². The summed E-state index contributed by atoms with van der Waals surface area (Å²) < 4.78 is 28.7. The lowest BCUT2D eigenvalue weighted by molar-refractivity contribution is 0.0997. The number of nitrogens with two attached hydrogens (primary N) is 1. The van der Waals surface area contributed by atoms with Gasteiger partial charge in [0, 0.05) is 11.1 Å². The zero-order valence-corrected chi connectivity index (χ0v) is 10.3. The minimum atomic E-state index is -0.834. The topological polar surface area (TPSA) is 48.0 Å². The van der Waals surface area contributed by atoms with E-state index in [4.69, 9.17) is 5.73 Å². The Labute approximate surface area is 113 Å². The smallest absolute Gasteiger partial charge is 0.253 e. The van der Waals surface area contributed by atoms with Crippen molar-refractivity contribution in [2.24, 2.45) is 5.73 Å². The molecular weight excluding hydrogens is 262 g/mol. The second-order valence-corrected chi connectivity index (χ2v) is 4.36. The van der Waals surface area contributed by atoms with Crippen LogP contribution >= 0.6 is 0 Å². The van der Waals surface area contributed by atoms with E-state index in [0.717, 1.165) is 0 Å². The van der Waals surface area contributed by atoms with Crippen molar-refractivity contribution < 1.29 is 13.6 Å². The molecule has 0 aliphatic carbocycles. The standard InChI is InChI=1S/C15H10F2N2O/c16-9-5-7-10(8-6-9)19-12-4-2-1-3-11(12)13(14(19)17)15(18)20/h1-8H,(H2,18,20). The third kappa shape index (κ3) is 1.75. The molecule has 0 unspecified atom stereocenters. The first-order valence-corrected chi connectivity index (χ1v) is 5.94. The number of amides is 1. The second kappa shape index (κ2) is 4.45. The van der Waals surface area contributed by atoms with E-state index in [1.54, 1.807) is 24.3 Å². The van der Waals surface area contributed by atoms with Gasteiger partial charge in [0.25, 0.3) is 5.91 Å². The van der Waals surface area contributed by atoms with Crippen molar-refractivity contribution in [2.45, 2.75) is 0 Å². The normalized spacial score (nSPS) is 10.9. The van der Waals surface area contributed by atoms with Crippen LogP contribution in [0, 0.1) is 11.8 Å². The Hall–Kier alpha value is -2.69. The highest BCUT2D eigenvalue weighted by Crippen LogP contribution is 2.28. The first-order chi connectivity index (χ1) is 9.59. The van der Waals surface area contributed by atoms with Gasteiger partial charge in [0.15, 0.2) is 0 Å². The van der Waals surface area contributed by atoms with Gasteiger partial charge in [-0.1, -0.05) is 18.2 Å². The number of primary amides is 1. The molecule has 0 radical (unpaired) electrons. The maximum absolute atomic E-state index is 14.5. The molecule has 2 N–H and O–H groups in total. The molecule has 0 aliphatic rings. The molecule has 20 heavy (non-hydrogen) atoms. The van der Waals surface area contributed by atoms with Crippen LogP contribution in [0.2, 0.25) is 0 Å². The molecule has 3 nitrogen and oxygen atoms in total. The minimum Gasteiger partial charge on any atom is -0.365 e. The Morgan fingerprint density at radius 2 is 1.65 bits per heavy atom.